The smallest absolute Gasteiger partial charge is 0.183 e. The molecule has 0 spiro atoms. The zero-order valence-corrected chi connectivity index (χ0v) is 8.58. The molecule has 15 heavy (non-hydrogen) atoms. The van der Waals surface area contributed by atoms with Crippen LogP contribution in [0.25, 0.3) is 0 Å². The van der Waals surface area contributed by atoms with Gasteiger partial charge in [0.2, 0.25) is 0 Å². The van der Waals surface area contributed by atoms with Crippen molar-refractivity contribution in [2.24, 2.45) is 5.73 Å². The molecule has 4 N–H and O–H groups in total. The van der Waals surface area contributed by atoms with Crippen molar-refractivity contribution in [3.05, 3.63) is 36.0 Å². The van der Waals surface area contributed by atoms with E-state index in [4.69, 9.17) is 18.0 Å². The second-order valence-corrected chi connectivity index (χ2v) is 3.32. The minimum atomic E-state index is 0.210. The third-order valence-corrected chi connectivity index (χ3v) is 2.01. The Labute approximate surface area is 91.7 Å². The summed E-state index contributed by atoms with van der Waals surface area (Å²) >= 11 is 4.83. The standard InChI is InChI=1S/C9H9N5S/c10-8(15)7-9(13-14-12-7)11-6-4-2-1-3-5-6/h1-5H,(H2,10,15)(H2,11,12,13,14). The molecular formula is C9H9N5S. The Morgan fingerprint density at radius 2 is 2.00 bits per heavy atom. The maximum absolute atomic E-state index is 5.48. The van der Waals surface area contributed by atoms with Crippen molar-refractivity contribution in [1.29, 1.82) is 0 Å². The van der Waals surface area contributed by atoms with Crippen LogP contribution in [-0.2, 0) is 0 Å². The first-order valence-corrected chi connectivity index (χ1v) is 4.71. The van der Waals surface area contributed by atoms with Gasteiger partial charge in [0, 0.05) is 5.69 Å². The van der Waals surface area contributed by atoms with Crippen molar-refractivity contribution in [3.8, 4) is 0 Å². The van der Waals surface area contributed by atoms with Crippen LogP contribution in [0.1, 0.15) is 5.69 Å². The molecular weight excluding hydrogens is 210 g/mol. The van der Waals surface area contributed by atoms with Gasteiger partial charge in [-0.1, -0.05) is 30.4 Å². The number of hydrogen-bond acceptors (Lipinski definition) is 4. The average molecular weight is 219 g/mol. The van der Waals surface area contributed by atoms with Gasteiger partial charge in [-0.05, 0) is 12.1 Å². The fourth-order valence-electron chi connectivity index (χ4n) is 1.15. The number of aromatic amines is 1. The summed E-state index contributed by atoms with van der Waals surface area (Å²) in [5.41, 5.74) is 6.85. The Hall–Kier alpha value is -1.95. The lowest BCUT2D eigenvalue weighted by Gasteiger charge is -2.02. The van der Waals surface area contributed by atoms with Gasteiger partial charge in [-0.25, -0.2) is 0 Å². The van der Waals surface area contributed by atoms with Crippen molar-refractivity contribution in [3.63, 3.8) is 0 Å². The topological polar surface area (TPSA) is 79.6 Å². The summed E-state index contributed by atoms with van der Waals surface area (Å²) in [6.07, 6.45) is 0. The van der Waals surface area contributed by atoms with E-state index < -0.39 is 0 Å². The van der Waals surface area contributed by atoms with E-state index in [0.29, 0.717) is 11.5 Å². The minimum absolute atomic E-state index is 0.210. The molecule has 0 aliphatic rings. The van der Waals surface area contributed by atoms with E-state index in [0.717, 1.165) is 5.69 Å². The third kappa shape index (κ3) is 2.10. The van der Waals surface area contributed by atoms with Gasteiger partial charge in [-0.2, -0.15) is 10.3 Å². The van der Waals surface area contributed by atoms with Gasteiger partial charge in [-0.15, -0.1) is 5.10 Å². The molecule has 1 aromatic heterocycles. The van der Waals surface area contributed by atoms with E-state index in [2.05, 4.69) is 20.7 Å². The maximum Gasteiger partial charge on any atom is 0.183 e. The van der Waals surface area contributed by atoms with Crippen LogP contribution < -0.4 is 11.1 Å². The zero-order valence-electron chi connectivity index (χ0n) is 7.77. The normalized spacial score (nSPS) is 9.87. The highest BCUT2D eigenvalue weighted by atomic mass is 32.1. The molecule has 0 unspecified atom stereocenters. The van der Waals surface area contributed by atoms with Crippen LogP contribution in [0.2, 0.25) is 0 Å². The number of benzene rings is 1. The van der Waals surface area contributed by atoms with Gasteiger partial charge < -0.3 is 11.1 Å². The number of nitrogens with one attached hydrogen (secondary N) is 2. The summed E-state index contributed by atoms with van der Waals surface area (Å²) in [6, 6.07) is 9.60. The van der Waals surface area contributed by atoms with E-state index in [9.17, 15) is 0 Å². The molecule has 1 aromatic carbocycles. The first-order chi connectivity index (χ1) is 7.27. The second-order valence-electron chi connectivity index (χ2n) is 2.88. The highest BCUT2D eigenvalue weighted by Gasteiger charge is 2.09. The molecule has 76 valence electrons. The number of rotatable bonds is 3. The maximum atomic E-state index is 5.48. The van der Waals surface area contributed by atoms with Gasteiger partial charge >= 0.3 is 0 Å². The first kappa shape index (κ1) is 9.60. The number of thiocarbonyl (C=S) groups is 1. The molecule has 0 fully saturated rings. The van der Waals surface area contributed by atoms with Crippen molar-refractivity contribution >= 4 is 28.7 Å². The molecule has 2 aromatic rings. The number of nitrogens with two attached hydrogens (primary N) is 1. The van der Waals surface area contributed by atoms with Gasteiger partial charge in [0.1, 0.15) is 4.99 Å². The Bertz CT molecular complexity index is 464. The summed E-state index contributed by atoms with van der Waals surface area (Å²) < 4.78 is 0. The Morgan fingerprint density at radius 1 is 1.27 bits per heavy atom. The van der Waals surface area contributed by atoms with Gasteiger partial charge in [0.25, 0.3) is 0 Å². The summed E-state index contributed by atoms with van der Waals surface area (Å²) in [5.74, 6) is 0.536. The van der Waals surface area contributed by atoms with Crippen LogP contribution in [-0.4, -0.2) is 20.4 Å². The van der Waals surface area contributed by atoms with E-state index in [-0.39, 0.29) is 4.99 Å². The average Bonchev–Trinajstić information content (AvgIpc) is 2.67. The number of aromatic nitrogens is 3. The molecule has 0 atom stereocenters. The number of H-pyrrole nitrogens is 1. The van der Waals surface area contributed by atoms with Crippen LogP contribution in [0.15, 0.2) is 30.3 Å². The molecule has 6 heteroatoms. The predicted octanol–water partition coefficient (Wildman–Crippen LogP) is 1.18. The summed E-state index contributed by atoms with van der Waals surface area (Å²) in [5, 5.41) is 13.3. The molecule has 1 heterocycles. The fourth-order valence-corrected chi connectivity index (χ4v) is 1.29. The molecule has 0 radical (unpaired) electrons. The van der Waals surface area contributed by atoms with Crippen molar-refractivity contribution in [1.82, 2.24) is 15.4 Å². The largest absolute Gasteiger partial charge is 0.388 e. The molecule has 0 saturated heterocycles. The summed E-state index contributed by atoms with van der Waals surface area (Å²) in [6.45, 7) is 0. The molecule has 0 amide bonds. The van der Waals surface area contributed by atoms with Gasteiger partial charge in [0.15, 0.2) is 11.5 Å². The quantitative estimate of drug-likeness (QED) is 0.675. The van der Waals surface area contributed by atoms with E-state index in [1.807, 2.05) is 30.3 Å². The van der Waals surface area contributed by atoms with Crippen LogP contribution in [0, 0.1) is 0 Å². The molecule has 0 saturated carbocycles. The lowest BCUT2D eigenvalue weighted by atomic mass is 10.3. The second kappa shape index (κ2) is 4.05. The minimum Gasteiger partial charge on any atom is -0.388 e. The van der Waals surface area contributed by atoms with Crippen LogP contribution >= 0.6 is 12.2 Å². The number of nitrogens with zero attached hydrogens (tertiary/aromatic N) is 2. The fraction of sp³-hybridized carbons (Fsp3) is 0. The Balaban J connectivity index is 2.25. The van der Waals surface area contributed by atoms with Crippen molar-refractivity contribution < 1.29 is 0 Å². The number of para-hydroxylation sites is 1. The third-order valence-electron chi connectivity index (χ3n) is 1.82. The van der Waals surface area contributed by atoms with Gasteiger partial charge in [0.05, 0.1) is 0 Å². The highest BCUT2D eigenvalue weighted by Crippen LogP contribution is 2.15. The van der Waals surface area contributed by atoms with Crippen molar-refractivity contribution in [2.75, 3.05) is 5.32 Å². The van der Waals surface area contributed by atoms with E-state index >= 15 is 0 Å². The molecule has 0 aliphatic heterocycles. The number of hydrogen-bond donors (Lipinski definition) is 3. The van der Waals surface area contributed by atoms with E-state index in [1.165, 1.54) is 0 Å². The van der Waals surface area contributed by atoms with E-state index in [1.54, 1.807) is 0 Å². The Kier molecular flexibility index (Phi) is 2.59. The summed E-state index contributed by atoms with van der Waals surface area (Å²) in [4.78, 5) is 0.210. The Morgan fingerprint density at radius 3 is 2.67 bits per heavy atom. The van der Waals surface area contributed by atoms with Crippen molar-refractivity contribution in [2.45, 2.75) is 0 Å². The number of anilines is 2. The molecule has 0 aliphatic carbocycles. The SMILES string of the molecule is NC(=S)c1n[nH]nc1Nc1ccccc1. The van der Waals surface area contributed by atoms with Gasteiger partial charge in [-0.3, -0.25) is 0 Å². The molecule has 2 rings (SSSR count). The first-order valence-electron chi connectivity index (χ1n) is 4.30. The lowest BCUT2D eigenvalue weighted by molar-refractivity contribution is 0.939. The monoisotopic (exact) mass is 219 g/mol. The molecule has 0 bridgehead atoms. The van der Waals surface area contributed by atoms with Crippen LogP contribution in [0.3, 0.4) is 0 Å². The van der Waals surface area contributed by atoms with Crippen LogP contribution in [0.4, 0.5) is 11.5 Å². The zero-order chi connectivity index (χ0) is 10.7. The van der Waals surface area contributed by atoms with Crippen LogP contribution in [0.5, 0.6) is 0 Å². The predicted molar refractivity (Wildman–Crippen MR) is 62.0 cm³/mol. The highest BCUT2D eigenvalue weighted by molar-refractivity contribution is 7.80. The molecule has 5 nitrogen and oxygen atoms in total. The lowest BCUT2D eigenvalue weighted by Crippen LogP contribution is -2.12. The summed E-state index contributed by atoms with van der Waals surface area (Å²) in [7, 11) is 0.